The van der Waals surface area contributed by atoms with E-state index in [1.807, 2.05) is 13.0 Å². The van der Waals surface area contributed by atoms with Gasteiger partial charge < -0.3 is 19.5 Å². The molecule has 0 fully saturated rings. The molecule has 0 aliphatic heterocycles. The molecule has 28 heavy (non-hydrogen) atoms. The van der Waals surface area contributed by atoms with Crippen molar-refractivity contribution in [2.75, 3.05) is 19.0 Å². The predicted octanol–water partition coefficient (Wildman–Crippen LogP) is 2.86. The third kappa shape index (κ3) is 5.70. The Hall–Kier alpha value is -3.62. The average Bonchev–Trinajstić information content (AvgIpc) is 2.66. The maximum atomic E-state index is 12.3. The van der Waals surface area contributed by atoms with Crippen LogP contribution >= 0.6 is 0 Å². The van der Waals surface area contributed by atoms with Crippen molar-refractivity contribution in [3.05, 3.63) is 58.1 Å². The number of carbonyl (C=O) groups is 2. The number of nitro benzene ring substituents is 1. The Kier molecular flexibility index (Phi) is 6.91. The molecular weight excluding hydrogens is 368 g/mol. The van der Waals surface area contributed by atoms with Crippen LogP contribution in [0.2, 0.25) is 0 Å². The quantitative estimate of drug-likeness (QED) is 0.420. The van der Waals surface area contributed by atoms with Crippen molar-refractivity contribution in [3.63, 3.8) is 0 Å². The van der Waals surface area contributed by atoms with Crippen LogP contribution in [0.3, 0.4) is 0 Å². The highest BCUT2D eigenvalue weighted by Crippen LogP contribution is 2.25. The number of nitrogens with zero attached hydrogens (tertiary/aromatic N) is 1. The zero-order valence-corrected chi connectivity index (χ0v) is 15.6. The molecule has 9 heteroatoms. The minimum Gasteiger partial charge on any atom is -0.495 e. The van der Waals surface area contributed by atoms with Crippen LogP contribution in [0.25, 0.3) is 0 Å². The van der Waals surface area contributed by atoms with Crippen LogP contribution in [0, 0.1) is 17.0 Å². The number of non-ortho nitro benzene ring substituents is 1. The smallest absolute Gasteiger partial charge is 0.344 e. The number of carbonyl (C=O) groups excluding carboxylic acids is 2. The summed E-state index contributed by atoms with van der Waals surface area (Å²) in [7, 11) is 1.49. The molecule has 1 atom stereocenters. The van der Waals surface area contributed by atoms with Gasteiger partial charge in [0, 0.05) is 12.1 Å². The lowest BCUT2D eigenvalue weighted by Crippen LogP contribution is -2.31. The lowest BCUT2D eigenvalue weighted by atomic mass is 10.2. The van der Waals surface area contributed by atoms with Crippen LogP contribution < -0.4 is 14.8 Å². The van der Waals surface area contributed by atoms with Crippen molar-refractivity contribution >= 4 is 23.3 Å². The highest BCUT2D eigenvalue weighted by molar-refractivity contribution is 5.96. The molecule has 2 aromatic carbocycles. The van der Waals surface area contributed by atoms with E-state index in [1.54, 1.807) is 12.1 Å². The fourth-order valence-electron chi connectivity index (χ4n) is 2.24. The summed E-state index contributed by atoms with van der Waals surface area (Å²) in [5, 5.41) is 13.3. The number of anilines is 1. The lowest BCUT2D eigenvalue weighted by molar-refractivity contribution is -0.384. The Morgan fingerprint density at radius 2 is 1.86 bits per heavy atom. The van der Waals surface area contributed by atoms with E-state index in [0.717, 1.165) is 5.56 Å². The maximum absolute atomic E-state index is 12.3. The average molecular weight is 388 g/mol. The molecule has 0 aromatic heterocycles. The van der Waals surface area contributed by atoms with Gasteiger partial charge in [-0.25, -0.2) is 4.79 Å². The molecule has 148 valence electrons. The minimum atomic E-state index is -1.06. The summed E-state index contributed by atoms with van der Waals surface area (Å²) in [6, 6.07) is 10.5. The number of esters is 1. The molecule has 0 spiro atoms. The molecule has 2 aromatic rings. The van der Waals surface area contributed by atoms with Gasteiger partial charge in [0.25, 0.3) is 11.6 Å². The zero-order chi connectivity index (χ0) is 20.7. The first kappa shape index (κ1) is 20.7. The number of nitro groups is 1. The molecule has 0 radical (unpaired) electrons. The summed E-state index contributed by atoms with van der Waals surface area (Å²) >= 11 is 0. The van der Waals surface area contributed by atoms with Gasteiger partial charge in [-0.3, -0.25) is 14.9 Å². The Labute approximate surface area is 161 Å². The van der Waals surface area contributed by atoms with Gasteiger partial charge in [0.1, 0.15) is 11.5 Å². The summed E-state index contributed by atoms with van der Waals surface area (Å²) < 4.78 is 15.4. The fraction of sp³-hybridized carbons (Fsp3) is 0.263. The number of benzene rings is 2. The van der Waals surface area contributed by atoms with E-state index in [2.05, 4.69) is 5.32 Å². The second kappa shape index (κ2) is 9.36. The normalized spacial score (nSPS) is 11.2. The van der Waals surface area contributed by atoms with Gasteiger partial charge in [-0.05, 0) is 43.7 Å². The van der Waals surface area contributed by atoms with Crippen molar-refractivity contribution in [2.45, 2.75) is 20.0 Å². The number of hydrogen-bond acceptors (Lipinski definition) is 7. The molecule has 0 saturated heterocycles. The summed E-state index contributed by atoms with van der Waals surface area (Å²) in [4.78, 5) is 34.2. The summed E-state index contributed by atoms with van der Waals surface area (Å²) in [6.45, 7) is 2.86. The van der Waals surface area contributed by atoms with Gasteiger partial charge >= 0.3 is 5.97 Å². The standard InChI is InChI=1S/C19H20N2O7/c1-12-4-9-17(26-3)16(10-12)20-19(23)13(2)28-18(22)11-27-15-7-5-14(6-8-15)21(24)25/h4-10,13H,11H2,1-3H3,(H,20,23)/t13-/m0/s1. The van der Waals surface area contributed by atoms with Crippen molar-refractivity contribution in [1.82, 2.24) is 0 Å². The number of hydrogen-bond donors (Lipinski definition) is 1. The minimum absolute atomic E-state index is 0.0909. The predicted molar refractivity (Wildman–Crippen MR) is 101 cm³/mol. The van der Waals surface area contributed by atoms with E-state index in [4.69, 9.17) is 14.2 Å². The van der Waals surface area contributed by atoms with Gasteiger partial charge in [0.15, 0.2) is 12.7 Å². The number of aryl methyl sites for hydroxylation is 1. The number of amides is 1. The van der Waals surface area contributed by atoms with Crippen LogP contribution in [0.1, 0.15) is 12.5 Å². The van der Waals surface area contributed by atoms with E-state index in [9.17, 15) is 19.7 Å². The summed E-state index contributed by atoms with van der Waals surface area (Å²) in [5.41, 5.74) is 1.31. The molecule has 0 aliphatic carbocycles. The highest BCUT2D eigenvalue weighted by Gasteiger charge is 2.19. The Morgan fingerprint density at radius 1 is 1.18 bits per heavy atom. The van der Waals surface area contributed by atoms with Gasteiger partial charge in [-0.2, -0.15) is 0 Å². The topological polar surface area (TPSA) is 117 Å². The first-order chi connectivity index (χ1) is 13.3. The molecule has 0 saturated carbocycles. The Morgan fingerprint density at radius 3 is 2.46 bits per heavy atom. The maximum Gasteiger partial charge on any atom is 0.344 e. The monoisotopic (exact) mass is 388 g/mol. The van der Waals surface area contributed by atoms with Crippen LogP contribution in [0.4, 0.5) is 11.4 Å². The summed E-state index contributed by atoms with van der Waals surface area (Å²) in [5.74, 6) is -0.520. The van der Waals surface area contributed by atoms with Crippen molar-refractivity contribution < 1.29 is 28.7 Å². The van der Waals surface area contributed by atoms with E-state index < -0.39 is 29.5 Å². The van der Waals surface area contributed by atoms with E-state index >= 15 is 0 Å². The second-order valence-corrected chi connectivity index (χ2v) is 5.86. The molecule has 0 aliphatic rings. The van der Waals surface area contributed by atoms with Gasteiger partial charge in [-0.1, -0.05) is 6.07 Å². The first-order valence-electron chi connectivity index (χ1n) is 8.32. The number of rotatable bonds is 8. The van der Waals surface area contributed by atoms with Crippen LogP contribution in [0.15, 0.2) is 42.5 Å². The second-order valence-electron chi connectivity index (χ2n) is 5.86. The third-order valence-electron chi connectivity index (χ3n) is 3.69. The largest absolute Gasteiger partial charge is 0.495 e. The Balaban J connectivity index is 1.86. The van der Waals surface area contributed by atoms with Gasteiger partial charge in [-0.15, -0.1) is 0 Å². The molecule has 0 bridgehead atoms. The van der Waals surface area contributed by atoms with E-state index in [0.29, 0.717) is 11.4 Å². The summed E-state index contributed by atoms with van der Waals surface area (Å²) in [6.07, 6.45) is -1.06. The number of ether oxygens (including phenoxy) is 3. The number of methoxy groups -OCH3 is 1. The molecule has 1 N–H and O–H groups in total. The van der Waals surface area contributed by atoms with E-state index in [-0.39, 0.29) is 11.4 Å². The van der Waals surface area contributed by atoms with Crippen LogP contribution in [-0.4, -0.2) is 36.6 Å². The SMILES string of the molecule is COc1ccc(C)cc1NC(=O)[C@H](C)OC(=O)COc1ccc([N+](=O)[O-])cc1. The van der Waals surface area contributed by atoms with Gasteiger partial charge in [0.2, 0.25) is 0 Å². The molecule has 0 unspecified atom stereocenters. The first-order valence-corrected chi connectivity index (χ1v) is 8.32. The molecular formula is C19H20N2O7. The van der Waals surface area contributed by atoms with Crippen LogP contribution in [0.5, 0.6) is 11.5 Å². The fourth-order valence-corrected chi connectivity index (χ4v) is 2.24. The molecule has 2 rings (SSSR count). The molecule has 9 nitrogen and oxygen atoms in total. The van der Waals surface area contributed by atoms with Crippen molar-refractivity contribution in [3.8, 4) is 11.5 Å². The zero-order valence-electron chi connectivity index (χ0n) is 15.6. The highest BCUT2D eigenvalue weighted by atomic mass is 16.6. The van der Waals surface area contributed by atoms with E-state index in [1.165, 1.54) is 38.3 Å². The van der Waals surface area contributed by atoms with Crippen molar-refractivity contribution in [2.24, 2.45) is 0 Å². The van der Waals surface area contributed by atoms with Gasteiger partial charge in [0.05, 0.1) is 17.7 Å². The molecule has 1 amide bonds. The Bertz CT molecular complexity index is 865. The lowest BCUT2D eigenvalue weighted by Gasteiger charge is -2.16. The van der Waals surface area contributed by atoms with Crippen LogP contribution in [-0.2, 0) is 14.3 Å². The van der Waals surface area contributed by atoms with Crippen molar-refractivity contribution in [1.29, 1.82) is 0 Å². The third-order valence-corrected chi connectivity index (χ3v) is 3.69. The molecule has 0 heterocycles. The number of nitrogens with one attached hydrogen (secondary N) is 1.